The molecule has 8 nitrogen and oxygen atoms in total. The first-order valence-electron chi connectivity index (χ1n) is 13.2. The van der Waals surface area contributed by atoms with Crippen LogP contribution in [0.5, 0.6) is 5.75 Å². The molecule has 0 bridgehead atoms. The third kappa shape index (κ3) is 7.32. The van der Waals surface area contributed by atoms with Gasteiger partial charge in [0.05, 0.1) is 13.2 Å². The molecule has 0 spiro atoms. The summed E-state index contributed by atoms with van der Waals surface area (Å²) in [7, 11) is 0. The van der Waals surface area contributed by atoms with Crippen LogP contribution in [0, 0.1) is 5.92 Å². The molecule has 1 saturated heterocycles. The average Bonchev–Trinajstić information content (AvgIpc) is 3.17. The molecule has 2 aliphatic rings. The maximum absolute atomic E-state index is 13.0. The van der Waals surface area contributed by atoms with E-state index in [1.165, 1.54) is 5.56 Å². The van der Waals surface area contributed by atoms with Crippen molar-refractivity contribution in [2.45, 2.75) is 71.6 Å². The molecule has 210 valence electrons. The highest BCUT2D eigenvalue weighted by atomic mass is 79.9. The van der Waals surface area contributed by atoms with E-state index in [0.717, 1.165) is 21.4 Å². The number of amides is 3. The molecule has 0 aliphatic carbocycles. The number of piperidine rings is 1. The topological polar surface area (TPSA) is 85.4 Å². The number of carbonyl (C=O) groups excluding carboxylic acids is 3. The van der Waals surface area contributed by atoms with Gasteiger partial charge in [-0.25, -0.2) is 14.5 Å². The first-order chi connectivity index (χ1) is 18.2. The van der Waals surface area contributed by atoms with Gasteiger partial charge in [-0.15, -0.1) is 0 Å². The van der Waals surface area contributed by atoms with Crippen LogP contribution in [0.1, 0.15) is 75.4 Å². The van der Waals surface area contributed by atoms with Crippen LogP contribution >= 0.6 is 15.9 Å². The lowest BCUT2D eigenvalue weighted by atomic mass is 9.81. The fourth-order valence-electron chi connectivity index (χ4n) is 4.88. The summed E-state index contributed by atoms with van der Waals surface area (Å²) in [5.74, 6) is 0.341. The minimum absolute atomic E-state index is 0.00895. The van der Waals surface area contributed by atoms with Crippen molar-refractivity contribution in [3.05, 3.63) is 63.6 Å². The number of fused-ring (bicyclic) bond motifs is 1. The van der Waals surface area contributed by atoms with Crippen LogP contribution in [-0.4, -0.2) is 58.8 Å². The van der Waals surface area contributed by atoms with Gasteiger partial charge in [-0.05, 0) is 89.3 Å². The van der Waals surface area contributed by atoms with Crippen LogP contribution in [0.3, 0.4) is 0 Å². The number of halogens is 1. The number of nitrogens with zero attached hydrogens (tertiary/aromatic N) is 2. The normalized spacial score (nSPS) is 19.5. The molecule has 3 amide bonds. The summed E-state index contributed by atoms with van der Waals surface area (Å²) in [4.78, 5) is 41.2. The van der Waals surface area contributed by atoms with Gasteiger partial charge in [-0.2, -0.15) is 0 Å². The molecule has 0 radical (unpaired) electrons. The van der Waals surface area contributed by atoms with Crippen LogP contribution in [0.4, 0.5) is 9.59 Å². The highest BCUT2D eigenvalue weighted by molar-refractivity contribution is 9.10. The quantitative estimate of drug-likeness (QED) is 0.385. The van der Waals surface area contributed by atoms with E-state index in [0.29, 0.717) is 31.0 Å². The van der Waals surface area contributed by atoms with Crippen molar-refractivity contribution in [2.24, 2.45) is 5.92 Å². The number of ether oxygens (including phenoxy) is 3. The maximum atomic E-state index is 13.0. The molecule has 2 atom stereocenters. The first-order valence-corrected chi connectivity index (χ1v) is 14.0. The van der Waals surface area contributed by atoms with E-state index in [2.05, 4.69) is 28.1 Å². The van der Waals surface area contributed by atoms with Crippen LogP contribution in [0.2, 0.25) is 0 Å². The van der Waals surface area contributed by atoms with Crippen molar-refractivity contribution in [3.63, 3.8) is 0 Å². The second kappa shape index (κ2) is 11.2. The van der Waals surface area contributed by atoms with E-state index < -0.39 is 23.2 Å². The Labute approximate surface area is 238 Å². The van der Waals surface area contributed by atoms with Crippen LogP contribution < -0.4 is 4.74 Å². The zero-order valence-electron chi connectivity index (χ0n) is 23.5. The molecule has 0 aromatic heterocycles. The summed E-state index contributed by atoms with van der Waals surface area (Å²) in [6, 6.07) is 13.6. The fraction of sp³-hybridized carbons (Fsp3) is 0.500. The Morgan fingerprint density at radius 3 is 2.23 bits per heavy atom. The summed E-state index contributed by atoms with van der Waals surface area (Å²) in [6.45, 7) is 12.5. The van der Waals surface area contributed by atoms with Crippen molar-refractivity contribution in [3.8, 4) is 5.75 Å². The Bertz CT molecular complexity index is 1230. The molecular formula is C30H37BrN2O6. The number of hydrogen-bond donors (Lipinski definition) is 0. The molecule has 2 aromatic rings. The molecular weight excluding hydrogens is 564 g/mol. The lowest BCUT2D eigenvalue weighted by molar-refractivity contribution is 0.0110. The van der Waals surface area contributed by atoms with E-state index in [1.54, 1.807) is 31.7 Å². The lowest BCUT2D eigenvalue weighted by Crippen LogP contribution is -2.46. The zero-order valence-corrected chi connectivity index (χ0v) is 25.0. The van der Waals surface area contributed by atoms with E-state index >= 15 is 0 Å². The second-order valence-electron chi connectivity index (χ2n) is 12.1. The van der Waals surface area contributed by atoms with Crippen LogP contribution in [-0.2, 0) is 16.0 Å². The number of likely N-dealkylation sites (tertiary alicyclic amines) is 1. The molecule has 2 unspecified atom stereocenters. The van der Waals surface area contributed by atoms with Crippen molar-refractivity contribution in [2.75, 3.05) is 19.7 Å². The molecule has 0 saturated carbocycles. The summed E-state index contributed by atoms with van der Waals surface area (Å²) in [5.41, 5.74) is 1.10. The highest BCUT2D eigenvalue weighted by Crippen LogP contribution is 2.35. The first kappa shape index (κ1) is 28.9. The Balaban J connectivity index is 1.48. The van der Waals surface area contributed by atoms with E-state index in [9.17, 15) is 14.4 Å². The predicted molar refractivity (Wildman–Crippen MR) is 151 cm³/mol. The lowest BCUT2D eigenvalue weighted by Gasteiger charge is -2.39. The predicted octanol–water partition coefficient (Wildman–Crippen LogP) is 6.76. The largest absolute Gasteiger partial charge is 0.493 e. The smallest absolute Gasteiger partial charge is 0.417 e. The fourth-order valence-corrected chi connectivity index (χ4v) is 5.14. The number of benzene rings is 2. The van der Waals surface area contributed by atoms with Gasteiger partial charge in [-0.1, -0.05) is 34.1 Å². The van der Waals surface area contributed by atoms with E-state index in [1.807, 2.05) is 45.0 Å². The van der Waals surface area contributed by atoms with Gasteiger partial charge < -0.3 is 19.1 Å². The Morgan fingerprint density at radius 2 is 1.59 bits per heavy atom. The van der Waals surface area contributed by atoms with Gasteiger partial charge in [0, 0.05) is 29.0 Å². The van der Waals surface area contributed by atoms with Gasteiger partial charge in [0.25, 0.3) is 5.91 Å². The monoisotopic (exact) mass is 600 g/mol. The number of imide groups is 1. The maximum Gasteiger partial charge on any atom is 0.417 e. The third-order valence-corrected chi connectivity index (χ3v) is 7.18. The second-order valence-corrected chi connectivity index (χ2v) is 13.1. The summed E-state index contributed by atoms with van der Waals surface area (Å²) in [6.07, 6.45) is -0.206. The van der Waals surface area contributed by atoms with Crippen molar-refractivity contribution >= 4 is 34.0 Å². The van der Waals surface area contributed by atoms with Crippen molar-refractivity contribution in [1.82, 2.24) is 9.80 Å². The van der Waals surface area contributed by atoms with Gasteiger partial charge in [-0.3, -0.25) is 4.79 Å². The molecule has 9 heteroatoms. The van der Waals surface area contributed by atoms with Crippen LogP contribution in [0.25, 0.3) is 0 Å². The van der Waals surface area contributed by atoms with Gasteiger partial charge in [0.2, 0.25) is 0 Å². The number of carbonyl (C=O) groups is 3. The Kier molecular flexibility index (Phi) is 8.30. The summed E-state index contributed by atoms with van der Waals surface area (Å²) >= 11 is 3.50. The van der Waals surface area contributed by atoms with Crippen LogP contribution in [0.15, 0.2) is 46.9 Å². The Morgan fingerprint density at radius 1 is 0.949 bits per heavy atom. The van der Waals surface area contributed by atoms with Gasteiger partial charge in [0.15, 0.2) is 0 Å². The minimum atomic E-state index is -0.695. The summed E-state index contributed by atoms with van der Waals surface area (Å²) in [5, 5.41) is 0. The highest BCUT2D eigenvalue weighted by Gasteiger charge is 2.37. The van der Waals surface area contributed by atoms with Gasteiger partial charge in [0.1, 0.15) is 17.0 Å². The molecule has 2 aliphatic heterocycles. The molecule has 0 N–H and O–H groups in total. The number of rotatable bonds is 4. The zero-order chi connectivity index (χ0) is 28.5. The SMILES string of the molecule is CC(C)(C)OC(=O)N1CCC(c2ccc(Br)cc2)C(COc2ccc3c(c2)C(=O)N(C(=O)OC(C)(C)C)C3)C1. The molecule has 4 rings (SSSR count). The van der Waals surface area contributed by atoms with E-state index in [4.69, 9.17) is 14.2 Å². The third-order valence-electron chi connectivity index (χ3n) is 6.65. The van der Waals surface area contributed by atoms with Crippen molar-refractivity contribution < 1.29 is 28.6 Å². The van der Waals surface area contributed by atoms with E-state index in [-0.39, 0.29) is 24.5 Å². The number of hydrogen-bond acceptors (Lipinski definition) is 6. The standard InChI is InChI=1S/C30H37BrN2O6/c1-29(2,3)38-27(35)32-14-13-24(19-7-10-22(31)11-8-19)21(16-32)18-37-23-12-9-20-17-33(26(34)25(20)15-23)28(36)39-30(4,5)6/h7-12,15,21,24H,13-14,16-18H2,1-6H3. The molecule has 2 aromatic carbocycles. The summed E-state index contributed by atoms with van der Waals surface area (Å²) < 4.78 is 18.3. The van der Waals surface area contributed by atoms with Gasteiger partial charge >= 0.3 is 12.2 Å². The minimum Gasteiger partial charge on any atom is -0.493 e. The Hall–Kier alpha value is -3.07. The van der Waals surface area contributed by atoms with Crippen molar-refractivity contribution in [1.29, 1.82) is 0 Å². The average molecular weight is 602 g/mol. The molecule has 39 heavy (non-hydrogen) atoms. The molecule has 2 heterocycles. The molecule has 1 fully saturated rings.